The van der Waals surface area contributed by atoms with Gasteiger partial charge in [0.05, 0.1) is 15.8 Å². The van der Waals surface area contributed by atoms with Crippen LogP contribution >= 0.6 is 0 Å². The molecule has 0 bridgehead atoms. The van der Waals surface area contributed by atoms with Crippen molar-refractivity contribution in [1.29, 1.82) is 0 Å². The van der Waals surface area contributed by atoms with Gasteiger partial charge >= 0.3 is 5.69 Å². The van der Waals surface area contributed by atoms with Gasteiger partial charge in [0.15, 0.2) is 12.4 Å². The van der Waals surface area contributed by atoms with Gasteiger partial charge in [-0.05, 0) is 18.5 Å². The molecule has 0 aliphatic carbocycles. The van der Waals surface area contributed by atoms with Gasteiger partial charge in [-0.15, -0.1) is 0 Å². The molecule has 0 spiro atoms. The summed E-state index contributed by atoms with van der Waals surface area (Å²) in [5, 5.41) is 22.8. The highest BCUT2D eigenvalue weighted by Crippen LogP contribution is 2.38. The van der Waals surface area contributed by atoms with E-state index in [4.69, 9.17) is 13.0 Å². The fourth-order valence-electron chi connectivity index (χ4n) is 2.06. The first kappa shape index (κ1) is 12.7. The number of hydrogen-bond donors (Lipinski definition) is 2. The highest BCUT2D eigenvalue weighted by molar-refractivity contribution is 5.04. The molecule has 1 aliphatic heterocycles. The Hall–Kier alpha value is -2.00. The van der Waals surface area contributed by atoms with Crippen molar-refractivity contribution in [2.24, 2.45) is 5.11 Å². The van der Waals surface area contributed by atoms with Crippen LogP contribution in [-0.4, -0.2) is 50.7 Å². The second-order valence-electron chi connectivity index (χ2n) is 4.55. The third kappa shape index (κ3) is 2.61. The molecule has 2 N–H and O–H groups in total. The third-order valence-electron chi connectivity index (χ3n) is 3.18. The minimum Gasteiger partial charge on any atom is -0.393 e. The number of ether oxygens (including phenoxy) is 1. The molecule has 1 fully saturated rings. The van der Waals surface area contributed by atoms with Crippen LogP contribution in [0.15, 0.2) is 22.2 Å². The Bertz CT molecular complexity index is 704. The van der Waals surface area contributed by atoms with Gasteiger partial charge in [-0.2, -0.15) is 4.98 Å². The van der Waals surface area contributed by atoms with E-state index in [1.54, 1.807) is 6.92 Å². The fourth-order valence-corrected chi connectivity index (χ4v) is 2.06. The van der Waals surface area contributed by atoms with Crippen molar-refractivity contribution in [2.75, 3.05) is 13.1 Å². The van der Waals surface area contributed by atoms with E-state index in [2.05, 4.69) is 15.0 Å². The van der Waals surface area contributed by atoms with Crippen LogP contribution in [0.3, 0.4) is 0 Å². The van der Waals surface area contributed by atoms with Gasteiger partial charge in [-0.1, -0.05) is 5.11 Å². The molecule has 9 nitrogen and oxygen atoms in total. The van der Waals surface area contributed by atoms with Crippen molar-refractivity contribution >= 4 is 0 Å². The van der Waals surface area contributed by atoms with Crippen LogP contribution in [0.2, 0.25) is 0 Å². The number of hydrogen-bond acceptors (Lipinski definition) is 6. The Morgan fingerprint density at radius 3 is 3.10 bits per heavy atom. The number of aromatic nitrogens is 2. The van der Waals surface area contributed by atoms with Gasteiger partial charge in [0, 0.05) is 16.8 Å². The average Bonchev–Trinajstić information content (AvgIpc) is 2.70. The molecule has 4 atom stereocenters. The summed E-state index contributed by atoms with van der Waals surface area (Å²) in [6, 6.07) is 1.39. The van der Waals surface area contributed by atoms with E-state index in [9.17, 15) is 19.4 Å². The van der Waals surface area contributed by atoms with Crippen molar-refractivity contribution < 1.29 is 22.1 Å². The second-order valence-corrected chi connectivity index (χ2v) is 4.55. The van der Waals surface area contributed by atoms with Crippen LogP contribution in [0, 0.1) is 6.92 Å². The van der Waals surface area contributed by atoms with Crippen molar-refractivity contribution in [3.63, 3.8) is 0 Å². The largest absolute Gasteiger partial charge is 0.393 e. The minimum absolute atomic E-state index is 0.373. The number of aryl methyl sites for hydroxylation is 1. The molecule has 1 saturated heterocycles. The zero-order valence-electron chi connectivity index (χ0n) is 12.9. The Morgan fingerprint density at radius 2 is 2.52 bits per heavy atom. The zero-order valence-corrected chi connectivity index (χ0v) is 10.9. The van der Waals surface area contributed by atoms with E-state index in [-0.39, 0.29) is 0 Å². The summed E-state index contributed by atoms with van der Waals surface area (Å²) >= 11 is 0. The summed E-state index contributed by atoms with van der Waals surface area (Å²) in [7, 11) is 0. The van der Waals surface area contributed by atoms with Crippen LogP contribution in [-0.2, 0) is 4.74 Å². The van der Waals surface area contributed by atoms with Crippen molar-refractivity contribution in [3.05, 3.63) is 38.9 Å². The quantitative estimate of drug-likeness (QED) is 0.452. The second kappa shape index (κ2) is 5.78. The molecular weight excluding hydrogens is 285 g/mol. The summed E-state index contributed by atoms with van der Waals surface area (Å²) < 4.78 is 35.1. The number of alkyl halides is 1. The highest BCUT2D eigenvalue weighted by atomic mass is 19.1. The SMILES string of the molecule is [2H]C([2H])(O)[C@@]1(CN=[N+]=[N-])O[C@@H](n2ccc(C)nc2=O)[C@H](F)[C@@H]1O. The standard InChI is InChI=1S/C11H14FN5O4/c1-6-2-3-17(10(20)15-6)9-7(12)8(19)11(5-18,21-9)4-14-16-13/h2-3,7-9,18-19H,4-5H2,1H3/t7-,8+,9-,11-/m1/s1/i5D2. The smallest absolute Gasteiger partial charge is 0.349 e. The number of rotatable bonds is 4. The zero-order chi connectivity index (χ0) is 17.4. The Morgan fingerprint density at radius 1 is 1.81 bits per heavy atom. The molecule has 10 heteroatoms. The molecule has 114 valence electrons. The lowest BCUT2D eigenvalue weighted by Gasteiger charge is -2.27. The maximum Gasteiger partial charge on any atom is 0.349 e. The molecule has 1 aromatic heterocycles. The predicted octanol–water partition coefficient (Wildman–Crippen LogP) is -0.179. The first-order valence-corrected chi connectivity index (χ1v) is 5.93. The van der Waals surface area contributed by atoms with Crippen LogP contribution in [0.25, 0.3) is 10.4 Å². The third-order valence-corrected chi connectivity index (χ3v) is 3.18. The Balaban J connectivity index is 2.50. The Labute approximate surface area is 121 Å². The minimum atomic E-state index is -3.23. The topological polar surface area (TPSA) is 133 Å². The molecule has 21 heavy (non-hydrogen) atoms. The van der Waals surface area contributed by atoms with Gasteiger partial charge in [0.1, 0.15) is 11.7 Å². The molecule has 0 aromatic carbocycles. The van der Waals surface area contributed by atoms with Crippen molar-refractivity contribution in [2.45, 2.75) is 31.0 Å². The van der Waals surface area contributed by atoms with Crippen LogP contribution in [0.1, 0.15) is 14.7 Å². The summed E-state index contributed by atoms with van der Waals surface area (Å²) in [4.78, 5) is 17.8. The lowest BCUT2D eigenvalue weighted by Crippen LogP contribution is -2.48. The number of aliphatic hydroxyl groups excluding tert-OH is 1. The predicted molar refractivity (Wildman–Crippen MR) is 68.1 cm³/mol. The average molecular weight is 301 g/mol. The van der Waals surface area contributed by atoms with E-state index in [1.165, 1.54) is 12.3 Å². The van der Waals surface area contributed by atoms with Gasteiger partial charge in [0.2, 0.25) is 0 Å². The molecule has 1 aliphatic rings. The van der Waals surface area contributed by atoms with Crippen LogP contribution < -0.4 is 5.69 Å². The monoisotopic (exact) mass is 301 g/mol. The van der Waals surface area contributed by atoms with E-state index >= 15 is 0 Å². The van der Waals surface area contributed by atoms with Crippen LogP contribution in [0.5, 0.6) is 0 Å². The number of nitrogens with zero attached hydrogens (tertiary/aromatic N) is 5. The number of azide groups is 1. The van der Waals surface area contributed by atoms with E-state index in [0.717, 1.165) is 4.57 Å². The van der Waals surface area contributed by atoms with E-state index in [1.807, 2.05) is 0 Å². The van der Waals surface area contributed by atoms with E-state index in [0.29, 0.717) is 5.69 Å². The molecule has 0 radical (unpaired) electrons. The van der Waals surface area contributed by atoms with Gasteiger partial charge < -0.3 is 14.9 Å². The maximum absolute atomic E-state index is 14.4. The number of halogens is 1. The molecule has 2 heterocycles. The molecule has 2 rings (SSSR count). The fraction of sp³-hybridized carbons (Fsp3) is 0.636. The summed E-state index contributed by atoms with van der Waals surface area (Å²) in [5.41, 5.74) is 5.31. The molecule has 0 unspecified atom stereocenters. The van der Waals surface area contributed by atoms with Crippen molar-refractivity contribution in [3.8, 4) is 0 Å². The lowest BCUT2D eigenvalue weighted by atomic mass is 9.97. The van der Waals surface area contributed by atoms with Crippen molar-refractivity contribution in [1.82, 2.24) is 9.55 Å². The maximum atomic E-state index is 14.4. The van der Waals surface area contributed by atoms with E-state index < -0.39 is 42.9 Å². The number of aliphatic hydroxyl groups is 2. The Kier molecular flexibility index (Phi) is 3.50. The molecule has 0 saturated carbocycles. The molecule has 1 aromatic rings. The summed E-state index contributed by atoms with van der Waals surface area (Å²) in [6.07, 6.45) is -4.99. The normalized spacial score (nSPS) is 34.0. The first-order valence-electron chi connectivity index (χ1n) is 6.93. The van der Waals surface area contributed by atoms with Crippen LogP contribution in [0.4, 0.5) is 4.39 Å². The first-order chi connectivity index (χ1) is 10.6. The summed E-state index contributed by atoms with van der Waals surface area (Å²) in [6.45, 7) is -2.57. The van der Waals surface area contributed by atoms with Gasteiger partial charge in [0.25, 0.3) is 0 Å². The lowest BCUT2D eigenvalue weighted by molar-refractivity contribution is -0.122. The molecule has 0 amide bonds. The molecular formula is C11H14FN5O4. The summed E-state index contributed by atoms with van der Waals surface area (Å²) in [5.74, 6) is 0. The van der Waals surface area contributed by atoms with Gasteiger partial charge in [-0.3, -0.25) is 4.57 Å². The van der Waals surface area contributed by atoms with Gasteiger partial charge in [-0.25, -0.2) is 9.18 Å². The highest BCUT2D eigenvalue weighted by Gasteiger charge is 2.55.